The van der Waals surface area contributed by atoms with Crippen LogP contribution in [-0.2, 0) is 4.79 Å². The van der Waals surface area contributed by atoms with Crippen LogP contribution in [0.3, 0.4) is 0 Å². The maximum Gasteiger partial charge on any atom is 0.257 e. The lowest BCUT2D eigenvalue weighted by Crippen LogP contribution is -2.47. The van der Waals surface area contributed by atoms with Gasteiger partial charge >= 0.3 is 0 Å². The second-order valence-corrected chi connectivity index (χ2v) is 8.39. The lowest BCUT2D eigenvalue weighted by molar-refractivity contribution is -0.118. The molecule has 0 heterocycles. The average Bonchev–Trinajstić information content (AvgIpc) is 3.25. The maximum atomic E-state index is 13.9. The van der Waals surface area contributed by atoms with Crippen LogP contribution < -0.4 is 16.0 Å². The predicted octanol–water partition coefficient (Wildman–Crippen LogP) is 4.96. The molecule has 0 spiro atoms. The highest BCUT2D eigenvalue weighted by atomic mass is 19.1. The minimum Gasteiger partial charge on any atom is -0.385 e. The molecule has 1 unspecified atom stereocenters. The van der Waals surface area contributed by atoms with Crippen molar-refractivity contribution in [2.24, 2.45) is 11.8 Å². The summed E-state index contributed by atoms with van der Waals surface area (Å²) in [5, 5.41) is 8.64. The second-order valence-electron chi connectivity index (χ2n) is 8.39. The highest BCUT2D eigenvalue weighted by Crippen LogP contribution is 2.25. The molecule has 1 aliphatic carbocycles. The van der Waals surface area contributed by atoms with Crippen molar-refractivity contribution in [3.05, 3.63) is 59.7 Å². The van der Waals surface area contributed by atoms with Crippen LogP contribution in [0.1, 0.15) is 49.9 Å². The first-order valence-corrected chi connectivity index (χ1v) is 10.7. The zero-order chi connectivity index (χ0) is 22.4. The van der Waals surface area contributed by atoms with Crippen molar-refractivity contribution in [1.29, 1.82) is 0 Å². The Morgan fingerprint density at radius 3 is 2.13 bits per heavy atom. The van der Waals surface area contributed by atoms with Gasteiger partial charge in [0.05, 0.1) is 0 Å². The van der Waals surface area contributed by atoms with Crippen LogP contribution in [-0.4, -0.2) is 24.4 Å². The van der Waals surface area contributed by atoms with Gasteiger partial charge in [-0.05, 0) is 61.1 Å². The summed E-state index contributed by atoms with van der Waals surface area (Å²) in [6.45, 7) is 4.44. The standard InChI is InChI=1S/C24H29F2N3O2/c1-15(2)22(29-23(30)21-19(25)8-5-9-20(21)26)24(31)28-18-12-10-17(11-13-18)27-14-16-6-3-4-7-16/h5,8-13,15-16,22,27H,3-4,6-7,14H2,1-2H3,(H,28,31)(H,29,30). The highest BCUT2D eigenvalue weighted by molar-refractivity contribution is 6.01. The number of halogens is 2. The molecular weight excluding hydrogens is 400 g/mol. The van der Waals surface area contributed by atoms with Crippen LogP contribution in [0.4, 0.5) is 20.2 Å². The smallest absolute Gasteiger partial charge is 0.257 e. The van der Waals surface area contributed by atoms with Gasteiger partial charge in [-0.25, -0.2) is 8.78 Å². The first kappa shape index (κ1) is 22.7. The number of rotatable bonds is 8. The third kappa shape index (κ3) is 6.03. The highest BCUT2D eigenvalue weighted by Gasteiger charge is 2.27. The van der Waals surface area contributed by atoms with Crippen molar-refractivity contribution in [3.63, 3.8) is 0 Å². The summed E-state index contributed by atoms with van der Waals surface area (Å²) in [4.78, 5) is 25.2. The maximum absolute atomic E-state index is 13.9. The number of carbonyl (C=O) groups is 2. The Morgan fingerprint density at radius 2 is 1.55 bits per heavy atom. The second kappa shape index (κ2) is 10.4. The number of nitrogens with one attached hydrogen (secondary N) is 3. The van der Waals surface area contributed by atoms with Crippen LogP contribution in [0.25, 0.3) is 0 Å². The van der Waals surface area contributed by atoms with Crippen molar-refractivity contribution in [1.82, 2.24) is 5.32 Å². The number of hydrogen-bond acceptors (Lipinski definition) is 3. The Morgan fingerprint density at radius 1 is 0.968 bits per heavy atom. The van der Waals surface area contributed by atoms with E-state index >= 15 is 0 Å². The fourth-order valence-electron chi connectivity index (χ4n) is 3.83. The van der Waals surface area contributed by atoms with Gasteiger partial charge in [0.25, 0.3) is 5.91 Å². The van der Waals surface area contributed by atoms with Crippen molar-refractivity contribution >= 4 is 23.2 Å². The molecule has 0 aliphatic heterocycles. The molecule has 7 heteroatoms. The van der Waals surface area contributed by atoms with E-state index in [4.69, 9.17) is 0 Å². The number of hydrogen-bond donors (Lipinski definition) is 3. The third-order valence-corrected chi connectivity index (χ3v) is 5.65. The Hall–Kier alpha value is -2.96. The summed E-state index contributed by atoms with van der Waals surface area (Å²) in [5.41, 5.74) is 0.862. The number of amides is 2. The topological polar surface area (TPSA) is 70.2 Å². The summed E-state index contributed by atoms with van der Waals surface area (Å²) in [7, 11) is 0. The Kier molecular flexibility index (Phi) is 7.60. The van der Waals surface area contributed by atoms with E-state index in [2.05, 4.69) is 16.0 Å². The molecule has 2 aromatic rings. The Bertz CT molecular complexity index is 889. The van der Waals surface area contributed by atoms with Crippen molar-refractivity contribution < 1.29 is 18.4 Å². The molecule has 1 aliphatic rings. The first-order valence-electron chi connectivity index (χ1n) is 10.7. The molecule has 3 rings (SSSR count). The molecule has 0 aromatic heterocycles. The van der Waals surface area contributed by atoms with E-state index in [1.807, 2.05) is 12.1 Å². The van der Waals surface area contributed by atoms with E-state index in [0.717, 1.165) is 24.4 Å². The van der Waals surface area contributed by atoms with Gasteiger partial charge in [-0.2, -0.15) is 0 Å². The summed E-state index contributed by atoms with van der Waals surface area (Å²) in [6, 6.07) is 9.59. The van der Waals surface area contributed by atoms with E-state index in [1.54, 1.807) is 26.0 Å². The van der Waals surface area contributed by atoms with Gasteiger partial charge in [-0.1, -0.05) is 32.8 Å². The van der Waals surface area contributed by atoms with Crippen LogP contribution >= 0.6 is 0 Å². The first-order chi connectivity index (χ1) is 14.8. The van der Waals surface area contributed by atoms with Crippen LogP contribution in [0.5, 0.6) is 0 Å². The Balaban J connectivity index is 1.60. The van der Waals surface area contributed by atoms with E-state index < -0.39 is 35.1 Å². The molecule has 1 fully saturated rings. The number of carbonyl (C=O) groups excluding carboxylic acids is 2. The minimum absolute atomic E-state index is 0.286. The van der Waals surface area contributed by atoms with Gasteiger partial charge in [0.1, 0.15) is 23.2 Å². The quantitative estimate of drug-likeness (QED) is 0.556. The molecule has 31 heavy (non-hydrogen) atoms. The summed E-state index contributed by atoms with van der Waals surface area (Å²) < 4.78 is 27.8. The summed E-state index contributed by atoms with van der Waals surface area (Å²) >= 11 is 0. The van der Waals surface area contributed by atoms with Crippen LogP contribution in [0.2, 0.25) is 0 Å². The van der Waals surface area contributed by atoms with Gasteiger partial charge in [0, 0.05) is 17.9 Å². The van der Waals surface area contributed by atoms with E-state index in [0.29, 0.717) is 11.6 Å². The number of benzene rings is 2. The lowest BCUT2D eigenvalue weighted by Gasteiger charge is -2.22. The normalized spacial score (nSPS) is 15.0. The SMILES string of the molecule is CC(C)C(NC(=O)c1c(F)cccc1F)C(=O)Nc1ccc(NCC2CCCC2)cc1. The van der Waals surface area contributed by atoms with Crippen LogP contribution in [0, 0.1) is 23.5 Å². The van der Waals surface area contributed by atoms with Gasteiger partial charge < -0.3 is 16.0 Å². The van der Waals surface area contributed by atoms with E-state index in [1.165, 1.54) is 31.7 Å². The number of anilines is 2. The Labute approximate surface area is 181 Å². The van der Waals surface area contributed by atoms with Gasteiger partial charge in [0.15, 0.2) is 0 Å². The van der Waals surface area contributed by atoms with Crippen molar-refractivity contribution in [2.75, 3.05) is 17.2 Å². The molecule has 2 amide bonds. The third-order valence-electron chi connectivity index (χ3n) is 5.65. The molecule has 166 valence electrons. The zero-order valence-electron chi connectivity index (χ0n) is 17.9. The molecule has 0 saturated heterocycles. The summed E-state index contributed by atoms with van der Waals surface area (Å²) in [6.07, 6.45) is 5.13. The lowest BCUT2D eigenvalue weighted by atomic mass is 10.0. The fourth-order valence-corrected chi connectivity index (χ4v) is 3.83. The average molecular weight is 430 g/mol. The molecule has 1 saturated carbocycles. The van der Waals surface area contributed by atoms with E-state index in [-0.39, 0.29) is 5.92 Å². The molecule has 1 atom stereocenters. The zero-order valence-corrected chi connectivity index (χ0v) is 17.9. The van der Waals surface area contributed by atoms with Gasteiger partial charge in [-0.3, -0.25) is 9.59 Å². The predicted molar refractivity (Wildman–Crippen MR) is 118 cm³/mol. The van der Waals surface area contributed by atoms with Gasteiger partial charge in [0.2, 0.25) is 5.91 Å². The van der Waals surface area contributed by atoms with Crippen molar-refractivity contribution in [2.45, 2.75) is 45.6 Å². The minimum atomic E-state index is -0.971. The van der Waals surface area contributed by atoms with Crippen molar-refractivity contribution in [3.8, 4) is 0 Å². The molecule has 0 bridgehead atoms. The molecule has 3 N–H and O–H groups in total. The molecular formula is C24H29F2N3O2. The van der Waals surface area contributed by atoms with E-state index in [9.17, 15) is 18.4 Å². The summed E-state index contributed by atoms with van der Waals surface area (Å²) in [5.74, 6) is -2.93. The molecule has 5 nitrogen and oxygen atoms in total. The largest absolute Gasteiger partial charge is 0.385 e. The van der Waals surface area contributed by atoms with Crippen LogP contribution in [0.15, 0.2) is 42.5 Å². The molecule has 0 radical (unpaired) electrons. The fraction of sp³-hybridized carbons (Fsp3) is 0.417. The monoisotopic (exact) mass is 429 g/mol. The van der Waals surface area contributed by atoms with Gasteiger partial charge in [-0.15, -0.1) is 0 Å². The molecule has 2 aromatic carbocycles.